The molecule has 2 nitrogen and oxygen atoms in total. The second-order valence-electron chi connectivity index (χ2n) is 3.64. The van der Waals surface area contributed by atoms with E-state index in [9.17, 15) is 4.79 Å². The SMILES string of the molecule is CCc1ccc(C(=O)c2ccc(C)nc2)s1. The van der Waals surface area contributed by atoms with Gasteiger partial charge in [-0.3, -0.25) is 9.78 Å². The fraction of sp³-hybridized carbons (Fsp3) is 0.231. The van der Waals surface area contributed by atoms with E-state index in [0.717, 1.165) is 17.0 Å². The Kier molecular flexibility index (Phi) is 3.15. The Bertz CT molecular complexity index is 499. The molecule has 82 valence electrons. The molecule has 0 saturated carbocycles. The second-order valence-corrected chi connectivity index (χ2v) is 4.81. The van der Waals surface area contributed by atoms with Crippen LogP contribution in [0, 0.1) is 6.92 Å². The van der Waals surface area contributed by atoms with Crippen molar-refractivity contribution >= 4 is 17.1 Å². The number of pyridine rings is 1. The monoisotopic (exact) mass is 231 g/mol. The Morgan fingerprint density at radius 1 is 1.31 bits per heavy atom. The number of aromatic nitrogens is 1. The number of carbonyl (C=O) groups is 1. The van der Waals surface area contributed by atoms with Crippen molar-refractivity contribution in [3.05, 3.63) is 51.5 Å². The fourth-order valence-electron chi connectivity index (χ4n) is 1.43. The number of hydrogen-bond acceptors (Lipinski definition) is 3. The van der Waals surface area contributed by atoms with Crippen molar-refractivity contribution in [2.75, 3.05) is 0 Å². The van der Waals surface area contributed by atoms with E-state index in [0.29, 0.717) is 5.56 Å². The zero-order valence-corrected chi connectivity index (χ0v) is 10.2. The standard InChI is InChI=1S/C13H13NOS/c1-3-11-6-7-12(16-11)13(15)10-5-4-9(2)14-8-10/h4-8H,3H2,1-2H3. The van der Waals surface area contributed by atoms with Crippen LogP contribution in [-0.4, -0.2) is 10.8 Å². The molecule has 0 radical (unpaired) electrons. The molecule has 3 heteroatoms. The summed E-state index contributed by atoms with van der Waals surface area (Å²) in [5.41, 5.74) is 1.59. The molecule has 16 heavy (non-hydrogen) atoms. The van der Waals surface area contributed by atoms with Crippen LogP contribution in [0.3, 0.4) is 0 Å². The van der Waals surface area contributed by atoms with Gasteiger partial charge in [-0.25, -0.2) is 0 Å². The van der Waals surface area contributed by atoms with Crippen LogP contribution < -0.4 is 0 Å². The van der Waals surface area contributed by atoms with E-state index < -0.39 is 0 Å². The van der Waals surface area contributed by atoms with Crippen LogP contribution in [0.25, 0.3) is 0 Å². The van der Waals surface area contributed by atoms with E-state index in [1.165, 1.54) is 4.88 Å². The van der Waals surface area contributed by atoms with Crippen LogP contribution in [0.5, 0.6) is 0 Å². The van der Waals surface area contributed by atoms with Gasteiger partial charge in [-0.05, 0) is 37.6 Å². The molecule has 0 unspecified atom stereocenters. The van der Waals surface area contributed by atoms with Crippen molar-refractivity contribution in [2.24, 2.45) is 0 Å². The molecular formula is C13H13NOS. The maximum Gasteiger partial charge on any atom is 0.204 e. The summed E-state index contributed by atoms with van der Waals surface area (Å²) >= 11 is 1.56. The Morgan fingerprint density at radius 3 is 2.69 bits per heavy atom. The van der Waals surface area contributed by atoms with Crippen molar-refractivity contribution in [2.45, 2.75) is 20.3 Å². The predicted octanol–water partition coefficient (Wildman–Crippen LogP) is 3.24. The summed E-state index contributed by atoms with van der Waals surface area (Å²) in [7, 11) is 0. The molecule has 0 amide bonds. The van der Waals surface area contributed by atoms with E-state index in [1.54, 1.807) is 17.5 Å². The van der Waals surface area contributed by atoms with Crippen LogP contribution in [0.1, 0.15) is 32.7 Å². The summed E-state index contributed by atoms with van der Waals surface area (Å²) in [6, 6.07) is 7.60. The van der Waals surface area contributed by atoms with Gasteiger partial charge in [-0.2, -0.15) is 0 Å². The van der Waals surface area contributed by atoms with Gasteiger partial charge in [0, 0.05) is 22.3 Å². The van der Waals surface area contributed by atoms with Crippen LogP contribution in [0.15, 0.2) is 30.5 Å². The lowest BCUT2D eigenvalue weighted by Gasteiger charge is -1.97. The number of ketones is 1. The molecule has 0 fully saturated rings. The molecule has 0 N–H and O–H groups in total. The first-order valence-electron chi connectivity index (χ1n) is 5.26. The van der Waals surface area contributed by atoms with E-state index in [4.69, 9.17) is 0 Å². The van der Waals surface area contributed by atoms with Crippen molar-refractivity contribution in [1.29, 1.82) is 0 Å². The van der Waals surface area contributed by atoms with Crippen LogP contribution in [-0.2, 0) is 6.42 Å². The van der Waals surface area contributed by atoms with Gasteiger partial charge in [0.05, 0.1) is 4.88 Å². The first kappa shape index (κ1) is 11.0. The highest BCUT2D eigenvalue weighted by atomic mass is 32.1. The highest BCUT2D eigenvalue weighted by Gasteiger charge is 2.11. The maximum absolute atomic E-state index is 12.1. The van der Waals surface area contributed by atoms with Gasteiger partial charge >= 0.3 is 0 Å². The van der Waals surface area contributed by atoms with Gasteiger partial charge in [-0.15, -0.1) is 11.3 Å². The molecule has 0 aliphatic heterocycles. The van der Waals surface area contributed by atoms with Gasteiger partial charge < -0.3 is 0 Å². The largest absolute Gasteiger partial charge is 0.288 e. The number of carbonyl (C=O) groups excluding carboxylic acids is 1. The van der Waals surface area contributed by atoms with Gasteiger partial charge in [0.15, 0.2) is 0 Å². The molecular weight excluding hydrogens is 218 g/mol. The summed E-state index contributed by atoms with van der Waals surface area (Å²) in [6.45, 7) is 4.00. The molecule has 0 atom stereocenters. The molecule has 0 saturated heterocycles. The van der Waals surface area contributed by atoms with Crippen LogP contribution >= 0.6 is 11.3 Å². The summed E-state index contributed by atoms with van der Waals surface area (Å²) in [5.74, 6) is 0.0669. The summed E-state index contributed by atoms with van der Waals surface area (Å²) in [4.78, 5) is 18.2. The normalized spacial score (nSPS) is 10.4. The minimum absolute atomic E-state index is 0.0669. The Morgan fingerprint density at radius 2 is 2.12 bits per heavy atom. The highest BCUT2D eigenvalue weighted by Crippen LogP contribution is 2.20. The molecule has 0 spiro atoms. The number of nitrogens with zero attached hydrogens (tertiary/aromatic N) is 1. The minimum Gasteiger partial charge on any atom is -0.288 e. The second kappa shape index (κ2) is 4.58. The van der Waals surface area contributed by atoms with E-state index >= 15 is 0 Å². The first-order valence-corrected chi connectivity index (χ1v) is 6.08. The molecule has 2 aromatic rings. The predicted molar refractivity (Wildman–Crippen MR) is 66.1 cm³/mol. The van der Waals surface area contributed by atoms with E-state index in [-0.39, 0.29) is 5.78 Å². The Hall–Kier alpha value is -1.48. The Balaban J connectivity index is 2.28. The minimum atomic E-state index is 0.0669. The molecule has 2 heterocycles. The smallest absolute Gasteiger partial charge is 0.204 e. The lowest BCUT2D eigenvalue weighted by Crippen LogP contribution is -1.99. The first-order chi connectivity index (χ1) is 7.70. The third-order valence-corrected chi connectivity index (χ3v) is 3.64. The highest BCUT2D eigenvalue weighted by molar-refractivity contribution is 7.14. The lowest BCUT2D eigenvalue weighted by atomic mass is 10.1. The Labute approximate surface area is 99.0 Å². The van der Waals surface area contributed by atoms with Gasteiger partial charge in [0.1, 0.15) is 0 Å². The van der Waals surface area contributed by atoms with Crippen molar-refractivity contribution in [1.82, 2.24) is 4.98 Å². The van der Waals surface area contributed by atoms with Crippen molar-refractivity contribution < 1.29 is 4.79 Å². The summed E-state index contributed by atoms with van der Waals surface area (Å²) in [6.07, 6.45) is 2.62. The molecule has 0 bridgehead atoms. The average Bonchev–Trinajstić information content (AvgIpc) is 2.77. The average molecular weight is 231 g/mol. The number of hydrogen-bond donors (Lipinski definition) is 0. The molecule has 0 aromatic carbocycles. The topological polar surface area (TPSA) is 30.0 Å². The van der Waals surface area contributed by atoms with Gasteiger partial charge in [0.2, 0.25) is 5.78 Å². The van der Waals surface area contributed by atoms with Gasteiger partial charge in [0.25, 0.3) is 0 Å². The molecule has 0 aliphatic rings. The number of rotatable bonds is 3. The quantitative estimate of drug-likeness (QED) is 0.759. The molecule has 2 rings (SSSR count). The van der Waals surface area contributed by atoms with Crippen LogP contribution in [0.4, 0.5) is 0 Å². The number of thiophene rings is 1. The summed E-state index contributed by atoms with van der Waals surface area (Å²) in [5, 5.41) is 0. The maximum atomic E-state index is 12.1. The fourth-order valence-corrected chi connectivity index (χ4v) is 2.34. The zero-order valence-electron chi connectivity index (χ0n) is 9.36. The van der Waals surface area contributed by atoms with E-state index in [1.807, 2.05) is 31.2 Å². The lowest BCUT2D eigenvalue weighted by molar-refractivity contribution is 0.104. The summed E-state index contributed by atoms with van der Waals surface area (Å²) < 4.78 is 0. The van der Waals surface area contributed by atoms with Crippen molar-refractivity contribution in [3.63, 3.8) is 0 Å². The van der Waals surface area contributed by atoms with Crippen molar-refractivity contribution in [3.8, 4) is 0 Å². The number of aryl methyl sites for hydroxylation is 2. The van der Waals surface area contributed by atoms with Crippen LogP contribution in [0.2, 0.25) is 0 Å². The van der Waals surface area contributed by atoms with Gasteiger partial charge in [-0.1, -0.05) is 6.92 Å². The third kappa shape index (κ3) is 2.19. The molecule has 0 aliphatic carbocycles. The third-order valence-electron chi connectivity index (χ3n) is 2.41. The zero-order chi connectivity index (χ0) is 11.5. The molecule has 2 aromatic heterocycles. The van der Waals surface area contributed by atoms with E-state index in [2.05, 4.69) is 11.9 Å².